The van der Waals surface area contributed by atoms with E-state index in [1.54, 1.807) is 4.90 Å². The molecule has 3 rings (SSSR count). The number of rotatable bonds is 6. The number of aryl methyl sites for hydroxylation is 1. The van der Waals surface area contributed by atoms with Crippen LogP contribution in [0.1, 0.15) is 50.7 Å². The summed E-state index contributed by atoms with van der Waals surface area (Å²) in [6, 6.07) is 15.7. The van der Waals surface area contributed by atoms with E-state index in [-0.39, 0.29) is 11.8 Å². The first-order valence-electron chi connectivity index (χ1n) is 9.67. The topological polar surface area (TPSA) is 49.4 Å². The Bertz CT molecular complexity index is 836. The van der Waals surface area contributed by atoms with E-state index in [2.05, 4.69) is 19.2 Å². The molecule has 0 unspecified atom stereocenters. The summed E-state index contributed by atoms with van der Waals surface area (Å²) in [4.78, 5) is 27.9. The quantitative estimate of drug-likeness (QED) is 0.742. The maximum absolute atomic E-state index is 13.2. The molecular weight excluding hydrogens is 336 g/mol. The minimum absolute atomic E-state index is 0.105. The second-order valence-electron chi connectivity index (χ2n) is 7.70. The molecule has 27 heavy (non-hydrogen) atoms. The molecular formula is C23H28N2O2. The molecule has 1 saturated carbocycles. The Morgan fingerprint density at radius 3 is 2.30 bits per heavy atom. The third-order valence-electron chi connectivity index (χ3n) is 5.30. The van der Waals surface area contributed by atoms with Gasteiger partial charge in [-0.25, -0.2) is 0 Å². The molecule has 4 heteroatoms. The van der Waals surface area contributed by atoms with Gasteiger partial charge >= 0.3 is 0 Å². The zero-order valence-corrected chi connectivity index (χ0v) is 16.6. The average Bonchev–Trinajstić information content (AvgIpc) is 3.45. The molecule has 2 amide bonds. The first-order chi connectivity index (χ1) is 12.9. The minimum Gasteiger partial charge on any atom is -0.325 e. The molecule has 2 aromatic rings. The molecule has 1 N–H and O–H groups in total. The van der Waals surface area contributed by atoms with Gasteiger partial charge in [0.2, 0.25) is 11.8 Å². The number of hydrogen-bond acceptors (Lipinski definition) is 2. The number of anilines is 2. The van der Waals surface area contributed by atoms with Crippen molar-refractivity contribution in [1.82, 2.24) is 0 Å². The molecule has 142 valence electrons. The summed E-state index contributed by atoms with van der Waals surface area (Å²) in [5, 5.41) is 2.95. The fraction of sp³-hybridized carbons (Fsp3) is 0.391. The zero-order chi connectivity index (χ0) is 19.6. The molecule has 0 saturated heterocycles. The Morgan fingerprint density at radius 1 is 1.11 bits per heavy atom. The lowest BCUT2D eigenvalue weighted by atomic mass is 10.0. The third-order valence-corrected chi connectivity index (χ3v) is 5.30. The van der Waals surface area contributed by atoms with Crippen LogP contribution in [-0.4, -0.2) is 18.4 Å². The molecule has 0 atom stereocenters. The van der Waals surface area contributed by atoms with E-state index in [0.29, 0.717) is 25.3 Å². The Hall–Kier alpha value is -2.62. The summed E-state index contributed by atoms with van der Waals surface area (Å²) in [5.74, 6) is 0.140. The van der Waals surface area contributed by atoms with Crippen molar-refractivity contribution >= 4 is 23.2 Å². The molecule has 0 aliphatic heterocycles. The van der Waals surface area contributed by atoms with Gasteiger partial charge in [0, 0.05) is 17.9 Å². The van der Waals surface area contributed by atoms with Crippen LogP contribution >= 0.6 is 0 Å². The minimum atomic E-state index is -0.934. The van der Waals surface area contributed by atoms with Crippen molar-refractivity contribution in [2.24, 2.45) is 5.41 Å². The van der Waals surface area contributed by atoms with Gasteiger partial charge in [0.15, 0.2) is 0 Å². The van der Waals surface area contributed by atoms with Crippen LogP contribution in [0.15, 0.2) is 48.5 Å². The van der Waals surface area contributed by atoms with E-state index in [4.69, 9.17) is 0 Å². The van der Waals surface area contributed by atoms with Crippen LogP contribution in [0.5, 0.6) is 0 Å². The van der Waals surface area contributed by atoms with Crippen molar-refractivity contribution in [3.63, 3.8) is 0 Å². The number of nitrogens with one attached hydrogen (secondary N) is 1. The molecule has 0 radical (unpaired) electrons. The molecule has 0 aromatic heterocycles. The normalized spacial score (nSPS) is 14.7. The summed E-state index contributed by atoms with van der Waals surface area (Å²) in [5.41, 5.74) is 2.97. The van der Waals surface area contributed by atoms with Gasteiger partial charge in [-0.2, -0.15) is 0 Å². The van der Waals surface area contributed by atoms with Gasteiger partial charge in [0.05, 0.1) is 0 Å². The number of carbonyl (C=O) groups excluding carboxylic acids is 2. The SMILES string of the molecule is CCN(C(=O)C1(C(=O)Nc2ccc(C(C)C)cc2)CC1)c1cccc(C)c1. The fourth-order valence-corrected chi connectivity index (χ4v) is 3.36. The van der Waals surface area contributed by atoms with E-state index < -0.39 is 5.41 Å². The fourth-order valence-electron chi connectivity index (χ4n) is 3.36. The van der Waals surface area contributed by atoms with Gasteiger partial charge in [0.1, 0.15) is 5.41 Å². The van der Waals surface area contributed by atoms with Crippen molar-refractivity contribution in [2.75, 3.05) is 16.8 Å². The highest BCUT2D eigenvalue weighted by Crippen LogP contribution is 2.48. The molecule has 0 heterocycles. The molecule has 1 fully saturated rings. The van der Waals surface area contributed by atoms with E-state index in [1.807, 2.05) is 62.4 Å². The number of amides is 2. The highest BCUT2D eigenvalue weighted by Gasteiger charge is 2.58. The molecule has 2 aromatic carbocycles. The molecule has 1 aliphatic carbocycles. The average molecular weight is 364 g/mol. The maximum atomic E-state index is 13.2. The largest absolute Gasteiger partial charge is 0.325 e. The van der Waals surface area contributed by atoms with Crippen LogP contribution in [0.3, 0.4) is 0 Å². The lowest BCUT2D eigenvalue weighted by molar-refractivity contribution is -0.132. The van der Waals surface area contributed by atoms with Crippen LogP contribution in [0.2, 0.25) is 0 Å². The Balaban J connectivity index is 1.76. The summed E-state index contributed by atoms with van der Waals surface area (Å²) in [6.45, 7) is 8.76. The van der Waals surface area contributed by atoms with Gasteiger partial charge in [-0.15, -0.1) is 0 Å². The number of nitrogens with zero attached hydrogens (tertiary/aromatic N) is 1. The first-order valence-corrected chi connectivity index (χ1v) is 9.67. The number of hydrogen-bond donors (Lipinski definition) is 1. The third kappa shape index (κ3) is 3.90. The highest BCUT2D eigenvalue weighted by molar-refractivity contribution is 6.17. The standard InChI is InChI=1S/C23H28N2O2/c1-5-25(20-8-6-7-17(4)15-20)22(27)23(13-14-23)21(26)24-19-11-9-18(10-12-19)16(2)3/h6-12,15-16H,5,13-14H2,1-4H3,(H,24,26). The van der Waals surface area contributed by atoms with Crippen molar-refractivity contribution in [2.45, 2.75) is 46.5 Å². The van der Waals surface area contributed by atoms with Gasteiger partial charge in [-0.3, -0.25) is 9.59 Å². The summed E-state index contributed by atoms with van der Waals surface area (Å²) >= 11 is 0. The van der Waals surface area contributed by atoms with Crippen molar-refractivity contribution < 1.29 is 9.59 Å². The second kappa shape index (κ2) is 7.55. The van der Waals surface area contributed by atoms with Crippen LogP contribution < -0.4 is 10.2 Å². The molecule has 4 nitrogen and oxygen atoms in total. The van der Waals surface area contributed by atoms with Gasteiger partial charge < -0.3 is 10.2 Å². The predicted molar refractivity (Wildman–Crippen MR) is 110 cm³/mol. The van der Waals surface area contributed by atoms with Crippen molar-refractivity contribution in [1.29, 1.82) is 0 Å². The van der Waals surface area contributed by atoms with Crippen molar-refractivity contribution in [3.05, 3.63) is 59.7 Å². The van der Waals surface area contributed by atoms with Crippen molar-refractivity contribution in [3.8, 4) is 0 Å². The zero-order valence-electron chi connectivity index (χ0n) is 16.6. The van der Waals surface area contributed by atoms with E-state index in [0.717, 1.165) is 16.9 Å². The van der Waals surface area contributed by atoms with Gasteiger partial charge in [-0.05, 0) is 68.0 Å². The highest BCUT2D eigenvalue weighted by atomic mass is 16.2. The lowest BCUT2D eigenvalue weighted by Gasteiger charge is -2.26. The number of benzene rings is 2. The van der Waals surface area contributed by atoms with Crippen LogP contribution in [-0.2, 0) is 9.59 Å². The summed E-state index contributed by atoms with van der Waals surface area (Å²) in [6.07, 6.45) is 1.20. The van der Waals surface area contributed by atoms with E-state index in [9.17, 15) is 9.59 Å². The number of carbonyl (C=O) groups is 2. The molecule has 0 bridgehead atoms. The second-order valence-corrected chi connectivity index (χ2v) is 7.70. The van der Waals surface area contributed by atoms with Crippen LogP contribution in [0.4, 0.5) is 11.4 Å². The summed E-state index contributed by atoms with van der Waals surface area (Å²) in [7, 11) is 0. The molecule has 1 aliphatic rings. The smallest absolute Gasteiger partial charge is 0.242 e. The summed E-state index contributed by atoms with van der Waals surface area (Å²) < 4.78 is 0. The maximum Gasteiger partial charge on any atom is 0.242 e. The van der Waals surface area contributed by atoms with Crippen LogP contribution in [0, 0.1) is 12.3 Å². The monoisotopic (exact) mass is 364 g/mol. The van der Waals surface area contributed by atoms with E-state index in [1.165, 1.54) is 5.56 Å². The first kappa shape index (κ1) is 19.2. The molecule has 0 spiro atoms. The van der Waals surface area contributed by atoms with Gasteiger partial charge in [0.25, 0.3) is 0 Å². The van der Waals surface area contributed by atoms with E-state index >= 15 is 0 Å². The Morgan fingerprint density at radius 2 is 1.78 bits per heavy atom. The Labute approximate surface area is 161 Å². The van der Waals surface area contributed by atoms with Gasteiger partial charge in [-0.1, -0.05) is 38.1 Å². The lowest BCUT2D eigenvalue weighted by Crippen LogP contribution is -2.43. The Kier molecular flexibility index (Phi) is 5.36. The van der Waals surface area contributed by atoms with Crippen LogP contribution in [0.25, 0.3) is 0 Å². The predicted octanol–water partition coefficient (Wildman–Crippen LogP) is 4.89.